The number of nitrogens with zero attached hydrogens (tertiary/aromatic N) is 2. The molecule has 0 aliphatic carbocycles. The van der Waals surface area contributed by atoms with Crippen molar-refractivity contribution in [3.63, 3.8) is 0 Å². The van der Waals surface area contributed by atoms with Gasteiger partial charge in [-0.2, -0.15) is 0 Å². The van der Waals surface area contributed by atoms with Gasteiger partial charge in [0.1, 0.15) is 10.3 Å². The van der Waals surface area contributed by atoms with Crippen LogP contribution in [-0.2, 0) is 0 Å². The van der Waals surface area contributed by atoms with Crippen LogP contribution in [0.25, 0.3) is 0 Å². The van der Waals surface area contributed by atoms with Crippen molar-refractivity contribution in [2.24, 2.45) is 0 Å². The highest BCUT2D eigenvalue weighted by Gasteiger charge is 2.11. The van der Waals surface area contributed by atoms with E-state index in [0.29, 0.717) is 0 Å². The van der Waals surface area contributed by atoms with Gasteiger partial charge in [-0.3, -0.25) is 9.78 Å². The number of rotatable bonds is 2. The molecule has 0 saturated heterocycles. The topological polar surface area (TPSA) is 54.9 Å². The Morgan fingerprint density at radius 2 is 1.94 bits per heavy atom. The van der Waals surface area contributed by atoms with E-state index >= 15 is 0 Å². The third kappa shape index (κ3) is 2.94. The van der Waals surface area contributed by atoms with Crippen molar-refractivity contribution in [1.29, 1.82) is 0 Å². The summed E-state index contributed by atoms with van der Waals surface area (Å²) in [6, 6.07) is 4.02. The Balaban J connectivity index is 2.25. The summed E-state index contributed by atoms with van der Waals surface area (Å²) in [5.74, 6) is -1.16. The molecule has 18 heavy (non-hydrogen) atoms. The van der Waals surface area contributed by atoms with Crippen molar-refractivity contribution in [1.82, 2.24) is 9.97 Å². The second kappa shape index (κ2) is 5.29. The number of nitrogens with one attached hydrogen (secondary N) is 1. The zero-order valence-electron chi connectivity index (χ0n) is 8.82. The third-order valence-corrected chi connectivity index (χ3v) is 2.43. The highest BCUT2D eigenvalue weighted by Crippen LogP contribution is 2.17. The minimum absolute atomic E-state index is 0.0269. The summed E-state index contributed by atoms with van der Waals surface area (Å²) < 4.78 is 13.3. The number of hydrogen-bond donors (Lipinski definition) is 1. The van der Waals surface area contributed by atoms with Gasteiger partial charge in [0, 0.05) is 11.8 Å². The molecule has 0 spiro atoms. The van der Waals surface area contributed by atoms with Crippen LogP contribution < -0.4 is 5.32 Å². The van der Waals surface area contributed by atoms with E-state index in [2.05, 4.69) is 15.3 Å². The molecule has 0 aliphatic heterocycles. The molecular formula is C11H6Cl2FN3O. The molecule has 0 radical (unpaired) electrons. The molecule has 0 saturated carbocycles. The van der Waals surface area contributed by atoms with Gasteiger partial charge in [-0.25, -0.2) is 9.37 Å². The van der Waals surface area contributed by atoms with Crippen molar-refractivity contribution in [3.8, 4) is 0 Å². The molecule has 1 amide bonds. The molecule has 0 unspecified atom stereocenters. The molecule has 2 aromatic rings. The molecule has 2 heterocycles. The van der Waals surface area contributed by atoms with Gasteiger partial charge >= 0.3 is 0 Å². The van der Waals surface area contributed by atoms with E-state index in [1.807, 2.05) is 0 Å². The van der Waals surface area contributed by atoms with Crippen molar-refractivity contribution >= 4 is 34.8 Å². The second-order valence-electron chi connectivity index (χ2n) is 3.31. The molecule has 0 fully saturated rings. The van der Waals surface area contributed by atoms with Crippen molar-refractivity contribution in [3.05, 3.63) is 52.3 Å². The van der Waals surface area contributed by atoms with Crippen LogP contribution in [0.3, 0.4) is 0 Å². The number of amides is 1. The van der Waals surface area contributed by atoms with Crippen molar-refractivity contribution in [2.75, 3.05) is 5.32 Å². The SMILES string of the molecule is O=C(Nc1ccncc1F)c1cc(Cl)nc(Cl)c1. The summed E-state index contributed by atoms with van der Waals surface area (Å²) in [6.45, 7) is 0. The van der Waals surface area contributed by atoms with E-state index in [9.17, 15) is 9.18 Å². The van der Waals surface area contributed by atoms with Gasteiger partial charge in [-0.05, 0) is 18.2 Å². The molecule has 0 bridgehead atoms. The summed E-state index contributed by atoms with van der Waals surface area (Å²) in [6.07, 6.45) is 2.37. The highest BCUT2D eigenvalue weighted by atomic mass is 35.5. The van der Waals surface area contributed by atoms with Crippen LogP contribution in [-0.4, -0.2) is 15.9 Å². The van der Waals surface area contributed by atoms with E-state index in [1.165, 1.54) is 24.4 Å². The smallest absolute Gasteiger partial charge is 0.255 e. The van der Waals surface area contributed by atoms with Crippen LogP contribution in [0.5, 0.6) is 0 Å². The van der Waals surface area contributed by atoms with Gasteiger partial charge in [-0.1, -0.05) is 23.2 Å². The van der Waals surface area contributed by atoms with Crippen LogP contribution in [0.2, 0.25) is 10.3 Å². The first kappa shape index (κ1) is 12.7. The van der Waals surface area contributed by atoms with Gasteiger partial charge in [-0.15, -0.1) is 0 Å². The first-order valence-electron chi connectivity index (χ1n) is 4.80. The highest BCUT2D eigenvalue weighted by molar-refractivity contribution is 6.33. The van der Waals surface area contributed by atoms with E-state index in [-0.39, 0.29) is 21.6 Å². The molecular weight excluding hydrogens is 280 g/mol. The number of pyridine rings is 2. The van der Waals surface area contributed by atoms with E-state index in [0.717, 1.165) is 6.20 Å². The van der Waals surface area contributed by atoms with Crippen LogP contribution in [0.4, 0.5) is 10.1 Å². The normalized spacial score (nSPS) is 10.2. The van der Waals surface area contributed by atoms with Gasteiger partial charge < -0.3 is 5.32 Å². The predicted molar refractivity (Wildman–Crippen MR) is 66.4 cm³/mol. The zero-order valence-corrected chi connectivity index (χ0v) is 10.3. The van der Waals surface area contributed by atoms with E-state index in [4.69, 9.17) is 23.2 Å². The lowest BCUT2D eigenvalue weighted by Gasteiger charge is -2.06. The number of carbonyl (C=O) groups is 1. The molecule has 1 N–H and O–H groups in total. The summed E-state index contributed by atoms with van der Waals surface area (Å²) in [4.78, 5) is 19.1. The Hall–Kier alpha value is -1.72. The standard InChI is InChI=1S/C11H6Cl2FN3O/c12-9-3-6(4-10(13)17-9)11(18)16-8-1-2-15-5-7(8)14/h1-5H,(H,15,16,18). The molecule has 2 aromatic heterocycles. The van der Waals surface area contributed by atoms with Crippen LogP contribution in [0.15, 0.2) is 30.6 Å². The lowest BCUT2D eigenvalue weighted by Crippen LogP contribution is -2.13. The molecule has 0 aliphatic rings. The second-order valence-corrected chi connectivity index (χ2v) is 4.09. The Bertz CT molecular complexity index is 586. The number of hydrogen-bond acceptors (Lipinski definition) is 3. The lowest BCUT2D eigenvalue weighted by atomic mass is 10.2. The monoisotopic (exact) mass is 285 g/mol. The van der Waals surface area contributed by atoms with Crippen LogP contribution >= 0.6 is 23.2 Å². The molecule has 0 aromatic carbocycles. The molecule has 0 atom stereocenters. The number of halogens is 3. The van der Waals surface area contributed by atoms with Crippen molar-refractivity contribution in [2.45, 2.75) is 0 Å². The van der Waals surface area contributed by atoms with Crippen LogP contribution in [0, 0.1) is 5.82 Å². The molecule has 4 nitrogen and oxygen atoms in total. The summed E-state index contributed by atoms with van der Waals surface area (Å²) >= 11 is 11.3. The number of carbonyl (C=O) groups excluding carboxylic acids is 1. The lowest BCUT2D eigenvalue weighted by molar-refractivity contribution is 0.102. The molecule has 92 valence electrons. The fraction of sp³-hybridized carbons (Fsp3) is 0. The van der Waals surface area contributed by atoms with Gasteiger partial charge in [0.25, 0.3) is 5.91 Å². The average molecular weight is 286 g/mol. The third-order valence-electron chi connectivity index (χ3n) is 2.05. The summed E-state index contributed by atoms with van der Waals surface area (Å²) in [5, 5.41) is 2.55. The maximum atomic E-state index is 13.3. The Morgan fingerprint density at radius 1 is 1.28 bits per heavy atom. The number of anilines is 1. The van der Waals surface area contributed by atoms with Crippen LogP contribution in [0.1, 0.15) is 10.4 Å². The zero-order chi connectivity index (χ0) is 13.1. The summed E-state index contributed by atoms with van der Waals surface area (Å²) in [5.41, 5.74) is 0.218. The van der Waals surface area contributed by atoms with E-state index in [1.54, 1.807) is 0 Å². The predicted octanol–water partition coefficient (Wildman–Crippen LogP) is 3.17. The first-order chi connectivity index (χ1) is 8.56. The maximum Gasteiger partial charge on any atom is 0.255 e. The molecule has 2 rings (SSSR count). The minimum Gasteiger partial charge on any atom is -0.319 e. The fourth-order valence-electron chi connectivity index (χ4n) is 1.27. The average Bonchev–Trinajstić information content (AvgIpc) is 2.31. The van der Waals surface area contributed by atoms with Crippen molar-refractivity contribution < 1.29 is 9.18 Å². The largest absolute Gasteiger partial charge is 0.319 e. The Kier molecular flexibility index (Phi) is 3.74. The maximum absolute atomic E-state index is 13.3. The minimum atomic E-state index is -0.628. The first-order valence-corrected chi connectivity index (χ1v) is 5.56. The quantitative estimate of drug-likeness (QED) is 0.863. The van der Waals surface area contributed by atoms with Gasteiger partial charge in [0.05, 0.1) is 11.9 Å². The summed E-state index contributed by atoms with van der Waals surface area (Å²) in [7, 11) is 0. The Morgan fingerprint density at radius 3 is 2.56 bits per heavy atom. The fourth-order valence-corrected chi connectivity index (χ4v) is 1.73. The number of aromatic nitrogens is 2. The van der Waals surface area contributed by atoms with E-state index < -0.39 is 11.7 Å². The van der Waals surface area contributed by atoms with Gasteiger partial charge in [0.2, 0.25) is 0 Å². The Labute approximate surface area is 112 Å². The molecule has 7 heteroatoms. The van der Waals surface area contributed by atoms with Gasteiger partial charge in [0.15, 0.2) is 5.82 Å².